The Balaban J connectivity index is 1.90. The Morgan fingerprint density at radius 1 is 1.44 bits per heavy atom. The van der Waals surface area contributed by atoms with E-state index in [1.54, 1.807) is 0 Å². The van der Waals surface area contributed by atoms with Crippen molar-refractivity contribution < 1.29 is 4.74 Å². The molecule has 0 aromatic heterocycles. The summed E-state index contributed by atoms with van der Waals surface area (Å²) in [6.45, 7) is 12.6. The molecule has 1 N–H and O–H groups in total. The molecule has 2 fully saturated rings. The third kappa shape index (κ3) is 3.69. The van der Waals surface area contributed by atoms with Gasteiger partial charge < -0.3 is 10.1 Å². The molecule has 0 saturated carbocycles. The van der Waals surface area contributed by atoms with Crippen LogP contribution < -0.4 is 5.32 Å². The first-order valence-electron chi connectivity index (χ1n) is 7.73. The lowest BCUT2D eigenvalue weighted by molar-refractivity contribution is -0.0100. The van der Waals surface area contributed by atoms with Gasteiger partial charge in [-0.05, 0) is 45.2 Å². The Hall–Kier alpha value is -0.120. The molecule has 3 heteroatoms. The van der Waals surface area contributed by atoms with Crippen molar-refractivity contribution in [2.75, 3.05) is 32.8 Å². The van der Waals surface area contributed by atoms with Gasteiger partial charge in [-0.25, -0.2) is 0 Å². The second-order valence-electron chi connectivity index (χ2n) is 6.44. The predicted molar refractivity (Wildman–Crippen MR) is 75.9 cm³/mol. The van der Waals surface area contributed by atoms with Crippen LogP contribution in [0.4, 0.5) is 0 Å². The first kappa shape index (κ1) is 14.3. The Labute approximate surface area is 112 Å². The predicted octanol–water partition coefficient (Wildman–Crippen LogP) is 2.27. The van der Waals surface area contributed by atoms with Gasteiger partial charge in [0.25, 0.3) is 0 Å². The average Bonchev–Trinajstić information content (AvgIpc) is 2.64. The molecular weight excluding hydrogens is 224 g/mol. The summed E-state index contributed by atoms with van der Waals surface area (Å²) in [7, 11) is 0. The maximum Gasteiger partial charge on any atom is 0.0781 e. The van der Waals surface area contributed by atoms with Gasteiger partial charge in [-0.1, -0.05) is 20.3 Å². The fourth-order valence-electron chi connectivity index (χ4n) is 3.27. The van der Waals surface area contributed by atoms with E-state index in [9.17, 15) is 0 Å². The molecule has 2 aliphatic rings. The second-order valence-corrected chi connectivity index (χ2v) is 6.44. The van der Waals surface area contributed by atoms with E-state index in [2.05, 4.69) is 31.0 Å². The SMILES string of the molecule is CCC(C)C1CN(CC2(C)CCCO2)CCCN1. The molecule has 0 aromatic rings. The van der Waals surface area contributed by atoms with Crippen LogP contribution in [-0.4, -0.2) is 49.3 Å². The van der Waals surface area contributed by atoms with Gasteiger partial charge in [0.1, 0.15) is 0 Å². The highest BCUT2D eigenvalue weighted by Crippen LogP contribution is 2.26. The first-order chi connectivity index (χ1) is 8.63. The molecule has 0 bridgehead atoms. The van der Waals surface area contributed by atoms with Crippen LogP contribution in [-0.2, 0) is 4.74 Å². The van der Waals surface area contributed by atoms with E-state index in [0.717, 1.165) is 19.1 Å². The van der Waals surface area contributed by atoms with Crippen LogP contribution in [0.1, 0.15) is 46.5 Å². The van der Waals surface area contributed by atoms with E-state index in [-0.39, 0.29) is 5.60 Å². The zero-order valence-corrected chi connectivity index (χ0v) is 12.4. The molecule has 2 heterocycles. The second kappa shape index (κ2) is 6.36. The molecule has 2 rings (SSSR count). The van der Waals surface area contributed by atoms with Crippen LogP contribution >= 0.6 is 0 Å². The number of rotatable bonds is 4. The summed E-state index contributed by atoms with van der Waals surface area (Å²) in [6, 6.07) is 0.655. The molecule has 106 valence electrons. The highest BCUT2D eigenvalue weighted by atomic mass is 16.5. The summed E-state index contributed by atoms with van der Waals surface area (Å²) in [5.74, 6) is 0.767. The zero-order chi connectivity index (χ0) is 13.0. The summed E-state index contributed by atoms with van der Waals surface area (Å²) in [5.41, 5.74) is 0.115. The van der Waals surface area contributed by atoms with Crippen LogP contribution in [0.25, 0.3) is 0 Å². The molecule has 3 nitrogen and oxygen atoms in total. The van der Waals surface area contributed by atoms with Crippen molar-refractivity contribution in [1.29, 1.82) is 0 Å². The van der Waals surface area contributed by atoms with Gasteiger partial charge in [0, 0.05) is 25.7 Å². The standard InChI is InChI=1S/C15H30N2O/c1-4-13(2)14-11-17(9-6-8-16-14)12-15(3)7-5-10-18-15/h13-14,16H,4-12H2,1-3H3. The summed E-state index contributed by atoms with van der Waals surface area (Å²) < 4.78 is 5.94. The van der Waals surface area contributed by atoms with Crippen molar-refractivity contribution in [3.8, 4) is 0 Å². The van der Waals surface area contributed by atoms with E-state index in [1.165, 1.54) is 45.3 Å². The molecule has 0 amide bonds. The van der Waals surface area contributed by atoms with Crippen molar-refractivity contribution in [2.24, 2.45) is 5.92 Å². The normalized spacial score (nSPS) is 36.5. The van der Waals surface area contributed by atoms with Gasteiger partial charge in [0.05, 0.1) is 5.60 Å². The molecule has 3 atom stereocenters. The largest absolute Gasteiger partial charge is 0.374 e. The fourth-order valence-corrected chi connectivity index (χ4v) is 3.27. The Bertz CT molecular complexity index is 251. The van der Waals surface area contributed by atoms with Gasteiger partial charge in [-0.15, -0.1) is 0 Å². The molecular formula is C15H30N2O. The van der Waals surface area contributed by atoms with Crippen LogP contribution in [0, 0.1) is 5.92 Å². The zero-order valence-electron chi connectivity index (χ0n) is 12.4. The molecule has 2 aliphatic heterocycles. The fraction of sp³-hybridized carbons (Fsp3) is 1.00. The topological polar surface area (TPSA) is 24.5 Å². The molecule has 18 heavy (non-hydrogen) atoms. The number of ether oxygens (including phenoxy) is 1. The van der Waals surface area contributed by atoms with Crippen molar-refractivity contribution >= 4 is 0 Å². The Kier molecular flexibility index (Phi) is 5.05. The molecule has 0 aliphatic carbocycles. The van der Waals surface area contributed by atoms with Gasteiger partial charge >= 0.3 is 0 Å². The lowest BCUT2D eigenvalue weighted by Gasteiger charge is -2.33. The van der Waals surface area contributed by atoms with E-state index in [4.69, 9.17) is 4.74 Å². The quantitative estimate of drug-likeness (QED) is 0.833. The van der Waals surface area contributed by atoms with Crippen LogP contribution in [0.2, 0.25) is 0 Å². The monoisotopic (exact) mass is 254 g/mol. The summed E-state index contributed by atoms with van der Waals surface area (Å²) >= 11 is 0. The first-order valence-corrected chi connectivity index (χ1v) is 7.73. The minimum Gasteiger partial charge on any atom is -0.374 e. The third-order valence-electron chi connectivity index (χ3n) is 4.70. The minimum atomic E-state index is 0.115. The smallest absolute Gasteiger partial charge is 0.0781 e. The number of nitrogens with zero attached hydrogens (tertiary/aromatic N) is 1. The van der Waals surface area contributed by atoms with Crippen molar-refractivity contribution in [3.63, 3.8) is 0 Å². The minimum absolute atomic E-state index is 0.115. The average molecular weight is 254 g/mol. The highest BCUT2D eigenvalue weighted by molar-refractivity contribution is 4.87. The molecule has 0 spiro atoms. The molecule has 0 radical (unpaired) electrons. The van der Waals surface area contributed by atoms with E-state index in [0.29, 0.717) is 6.04 Å². The van der Waals surface area contributed by atoms with E-state index >= 15 is 0 Å². The number of hydrogen-bond donors (Lipinski definition) is 1. The van der Waals surface area contributed by atoms with E-state index in [1.807, 2.05) is 0 Å². The van der Waals surface area contributed by atoms with Gasteiger partial charge in [0.2, 0.25) is 0 Å². The van der Waals surface area contributed by atoms with Crippen molar-refractivity contribution in [1.82, 2.24) is 10.2 Å². The third-order valence-corrected chi connectivity index (χ3v) is 4.70. The van der Waals surface area contributed by atoms with Gasteiger partial charge in [-0.3, -0.25) is 4.90 Å². The van der Waals surface area contributed by atoms with Crippen LogP contribution in [0.15, 0.2) is 0 Å². The molecule has 0 aromatic carbocycles. The van der Waals surface area contributed by atoms with Crippen LogP contribution in [0.5, 0.6) is 0 Å². The molecule has 3 unspecified atom stereocenters. The highest BCUT2D eigenvalue weighted by Gasteiger charge is 2.33. The molecule has 2 saturated heterocycles. The van der Waals surface area contributed by atoms with Crippen molar-refractivity contribution in [2.45, 2.75) is 58.1 Å². The lowest BCUT2D eigenvalue weighted by Crippen LogP contribution is -2.46. The van der Waals surface area contributed by atoms with Crippen molar-refractivity contribution in [3.05, 3.63) is 0 Å². The van der Waals surface area contributed by atoms with Gasteiger partial charge in [0.15, 0.2) is 0 Å². The number of hydrogen-bond acceptors (Lipinski definition) is 3. The maximum absolute atomic E-state index is 5.94. The van der Waals surface area contributed by atoms with Gasteiger partial charge in [-0.2, -0.15) is 0 Å². The summed E-state index contributed by atoms with van der Waals surface area (Å²) in [6.07, 6.45) is 4.99. The Morgan fingerprint density at radius 3 is 2.94 bits per heavy atom. The Morgan fingerprint density at radius 2 is 2.28 bits per heavy atom. The number of nitrogens with one attached hydrogen (secondary N) is 1. The summed E-state index contributed by atoms with van der Waals surface area (Å²) in [5, 5.41) is 3.72. The summed E-state index contributed by atoms with van der Waals surface area (Å²) in [4.78, 5) is 2.63. The maximum atomic E-state index is 5.94. The van der Waals surface area contributed by atoms with Crippen LogP contribution in [0.3, 0.4) is 0 Å². The van der Waals surface area contributed by atoms with E-state index < -0.39 is 0 Å². The lowest BCUT2D eigenvalue weighted by atomic mass is 9.97.